The third-order valence-corrected chi connectivity index (χ3v) is 5.44. The normalized spacial score (nSPS) is 29.0. The van der Waals surface area contributed by atoms with Gasteiger partial charge in [-0.3, -0.25) is 0 Å². The Kier molecular flexibility index (Phi) is 4.97. The maximum absolute atomic E-state index is 3.76. The fourth-order valence-corrected chi connectivity index (χ4v) is 4.12. The van der Waals surface area contributed by atoms with Crippen molar-refractivity contribution in [3.8, 4) is 0 Å². The van der Waals surface area contributed by atoms with Crippen LogP contribution in [0.15, 0.2) is 24.3 Å². The second-order valence-electron chi connectivity index (χ2n) is 6.88. The van der Waals surface area contributed by atoms with Crippen molar-refractivity contribution in [3.63, 3.8) is 0 Å². The first-order valence-corrected chi connectivity index (χ1v) is 8.85. The van der Waals surface area contributed by atoms with E-state index < -0.39 is 0 Å². The van der Waals surface area contributed by atoms with Gasteiger partial charge in [-0.2, -0.15) is 0 Å². The molecule has 1 aromatic carbocycles. The third kappa shape index (κ3) is 3.32. The van der Waals surface area contributed by atoms with E-state index in [-0.39, 0.29) is 0 Å². The minimum absolute atomic E-state index is 0.750. The predicted octanol–water partition coefficient (Wildman–Crippen LogP) is 3.43. The van der Waals surface area contributed by atoms with E-state index in [0.717, 1.165) is 17.9 Å². The smallest absolute Gasteiger partial charge is 0.0120 e. The summed E-state index contributed by atoms with van der Waals surface area (Å²) >= 11 is 0. The maximum Gasteiger partial charge on any atom is 0.0120 e. The number of nitrogens with zero attached hydrogens (tertiary/aromatic N) is 1. The zero-order valence-corrected chi connectivity index (χ0v) is 13.6. The molecule has 1 N–H and O–H groups in total. The van der Waals surface area contributed by atoms with E-state index in [2.05, 4.69) is 48.3 Å². The van der Waals surface area contributed by atoms with Crippen LogP contribution in [0.25, 0.3) is 0 Å². The summed E-state index contributed by atoms with van der Waals surface area (Å²) in [6, 6.07) is 9.74. The van der Waals surface area contributed by atoms with Crippen LogP contribution in [-0.2, 0) is 6.42 Å². The monoisotopic (exact) mass is 286 g/mol. The van der Waals surface area contributed by atoms with E-state index >= 15 is 0 Å². The second-order valence-corrected chi connectivity index (χ2v) is 6.88. The molecule has 3 unspecified atom stereocenters. The van der Waals surface area contributed by atoms with Crippen molar-refractivity contribution >= 4 is 0 Å². The van der Waals surface area contributed by atoms with Gasteiger partial charge < -0.3 is 10.2 Å². The first kappa shape index (κ1) is 15.1. The molecular formula is C19H30N2. The van der Waals surface area contributed by atoms with Crippen molar-refractivity contribution in [3.05, 3.63) is 35.4 Å². The lowest BCUT2D eigenvalue weighted by Gasteiger charge is -2.42. The van der Waals surface area contributed by atoms with E-state index in [1.54, 1.807) is 11.1 Å². The molecule has 1 aliphatic heterocycles. The van der Waals surface area contributed by atoms with E-state index in [9.17, 15) is 0 Å². The van der Waals surface area contributed by atoms with Crippen LogP contribution >= 0.6 is 0 Å². The molecule has 116 valence electrons. The lowest BCUT2D eigenvalue weighted by molar-refractivity contribution is 0.125. The summed E-state index contributed by atoms with van der Waals surface area (Å²) in [4.78, 5) is 2.72. The van der Waals surface area contributed by atoms with Crippen LogP contribution in [0.3, 0.4) is 0 Å². The van der Waals surface area contributed by atoms with Gasteiger partial charge in [-0.1, -0.05) is 44.5 Å². The van der Waals surface area contributed by atoms with E-state index in [4.69, 9.17) is 0 Å². The Morgan fingerprint density at radius 3 is 2.86 bits per heavy atom. The molecule has 1 aromatic rings. The minimum Gasteiger partial charge on any atom is -0.314 e. The number of hydrogen-bond acceptors (Lipinski definition) is 2. The van der Waals surface area contributed by atoms with Gasteiger partial charge in [0.1, 0.15) is 0 Å². The molecule has 0 aromatic heterocycles. The van der Waals surface area contributed by atoms with Crippen LogP contribution in [0.2, 0.25) is 0 Å². The Labute approximate surface area is 129 Å². The van der Waals surface area contributed by atoms with Crippen LogP contribution in [-0.4, -0.2) is 37.1 Å². The minimum atomic E-state index is 0.750. The predicted molar refractivity (Wildman–Crippen MR) is 89.8 cm³/mol. The topological polar surface area (TPSA) is 15.3 Å². The summed E-state index contributed by atoms with van der Waals surface area (Å²) in [5.41, 5.74) is 3.19. The fraction of sp³-hybridized carbons (Fsp3) is 0.684. The highest BCUT2D eigenvalue weighted by Gasteiger charge is 2.32. The van der Waals surface area contributed by atoms with E-state index in [0.29, 0.717) is 0 Å². The number of fused-ring (bicyclic) bond motifs is 1. The van der Waals surface area contributed by atoms with Crippen molar-refractivity contribution < 1.29 is 0 Å². The molecular weight excluding hydrogens is 256 g/mol. The highest BCUT2D eigenvalue weighted by Crippen LogP contribution is 2.36. The van der Waals surface area contributed by atoms with Gasteiger partial charge in [0, 0.05) is 25.0 Å². The molecule has 0 saturated carbocycles. The number of rotatable bonds is 6. The lowest BCUT2D eigenvalue weighted by atomic mass is 9.77. The van der Waals surface area contributed by atoms with E-state index in [1.165, 1.54) is 51.9 Å². The number of hydrogen-bond donors (Lipinski definition) is 1. The third-order valence-electron chi connectivity index (χ3n) is 5.44. The van der Waals surface area contributed by atoms with Gasteiger partial charge in [0.25, 0.3) is 0 Å². The standard InChI is InChI=1S/C19H30N2/c1-3-10-20-19-9-11-21(13-15(19)4-2)14-17-12-16-7-5-6-8-18(16)17/h5-8,15,17,19-20H,3-4,9-14H2,1-2H3. The Balaban J connectivity index is 1.52. The molecule has 2 aliphatic rings. The van der Waals surface area contributed by atoms with Gasteiger partial charge >= 0.3 is 0 Å². The van der Waals surface area contributed by atoms with Crippen LogP contribution in [0, 0.1) is 5.92 Å². The number of likely N-dealkylation sites (tertiary alicyclic amines) is 1. The molecule has 2 nitrogen and oxygen atoms in total. The zero-order chi connectivity index (χ0) is 14.7. The molecule has 1 fully saturated rings. The van der Waals surface area contributed by atoms with Crippen molar-refractivity contribution in [1.82, 2.24) is 10.2 Å². The summed E-state index contributed by atoms with van der Waals surface area (Å²) in [7, 11) is 0. The molecule has 0 amide bonds. The summed E-state index contributed by atoms with van der Waals surface area (Å²) in [5.74, 6) is 1.62. The number of nitrogens with one attached hydrogen (secondary N) is 1. The molecule has 1 aliphatic carbocycles. The Morgan fingerprint density at radius 2 is 2.10 bits per heavy atom. The average Bonchev–Trinajstić information content (AvgIpc) is 2.51. The highest BCUT2D eigenvalue weighted by atomic mass is 15.2. The molecule has 21 heavy (non-hydrogen) atoms. The van der Waals surface area contributed by atoms with Gasteiger partial charge in [0.2, 0.25) is 0 Å². The molecule has 1 saturated heterocycles. The van der Waals surface area contributed by atoms with Crippen LogP contribution in [0.1, 0.15) is 50.2 Å². The Hall–Kier alpha value is -0.860. The van der Waals surface area contributed by atoms with Crippen LogP contribution in [0.4, 0.5) is 0 Å². The fourth-order valence-electron chi connectivity index (χ4n) is 4.12. The molecule has 1 heterocycles. The summed E-state index contributed by atoms with van der Waals surface area (Å²) in [6.45, 7) is 9.63. The zero-order valence-electron chi connectivity index (χ0n) is 13.6. The Bertz CT molecular complexity index is 457. The Morgan fingerprint density at radius 1 is 1.24 bits per heavy atom. The van der Waals surface area contributed by atoms with Crippen molar-refractivity contribution in [2.75, 3.05) is 26.2 Å². The van der Waals surface area contributed by atoms with Crippen LogP contribution < -0.4 is 5.32 Å². The van der Waals surface area contributed by atoms with Crippen molar-refractivity contribution in [1.29, 1.82) is 0 Å². The van der Waals surface area contributed by atoms with Gasteiger partial charge in [-0.15, -0.1) is 0 Å². The van der Waals surface area contributed by atoms with Crippen LogP contribution in [0.5, 0.6) is 0 Å². The molecule has 0 radical (unpaired) electrons. The average molecular weight is 286 g/mol. The highest BCUT2D eigenvalue weighted by molar-refractivity contribution is 5.40. The largest absolute Gasteiger partial charge is 0.314 e. The quantitative estimate of drug-likeness (QED) is 0.862. The SMILES string of the molecule is CCCNC1CCN(CC2Cc3ccccc32)CC1CC. The molecule has 3 rings (SSSR count). The summed E-state index contributed by atoms with van der Waals surface area (Å²) < 4.78 is 0. The summed E-state index contributed by atoms with van der Waals surface area (Å²) in [6.07, 6.45) is 5.17. The van der Waals surface area contributed by atoms with Gasteiger partial charge in [0.15, 0.2) is 0 Å². The maximum atomic E-state index is 3.76. The van der Waals surface area contributed by atoms with Crippen molar-refractivity contribution in [2.45, 2.75) is 51.5 Å². The molecule has 2 heteroatoms. The lowest BCUT2D eigenvalue weighted by Crippen LogP contribution is -2.50. The first-order chi connectivity index (χ1) is 10.3. The number of benzene rings is 1. The summed E-state index contributed by atoms with van der Waals surface area (Å²) in [5, 5.41) is 3.76. The van der Waals surface area contributed by atoms with Gasteiger partial charge in [0.05, 0.1) is 0 Å². The first-order valence-electron chi connectivity index (χ1n) is 8.85. The van der Waals surface area contributed by atoms with Gasteiger partial charge in [-0.05, 0) is 49.4 Å². The van der Waals surface area contributed by atoms with E-state index in [1.807, 2.05) is 0 Å². The molecule has 0 bridgehead atoms. The van der Waals surface area contributed by atoms with Gasteiger partial charge in [-0.25, -0.2) is 0 Å². The second kappa shape index (κ2) is 6.93. The van der Waals surface area contributed by atoms with Crippen molar-refractivity contribution in [2.24, 2.45) is 5.92 Å². The molecule has 0 spiro atoms. The number of piperidine rings is 1. The molecule has 3 atom stereocenters.